The number of amides is 1. The number of rotatable bonds is 5. The van der Waals surface area contributed by atoms with Crippen LogP contribution in [0.3, 0.4) is 0 Å². The summed E-state index contributed by atoms with van der Waals surface area (Å²) in [5.74, 6) is -1.81. The first-order chi connectivity index (χ1) is 13.3. The van der Waals surface area contributed by atoms with Gasteiger partial charge in [0.2, 0.25) is 0 Å². The van der Waals surface area contributed by atoms with Gasteiger partial charge in [0.05, 0.1) is 4.90 Å². The molecule has 3 rings (SSSR count). The van der Waals surface area contributed by atoms with Gasteiger partial charge in [-0.15, -0.1) is 0 Å². The maximum atomic E-state index is 12.9. The standard InChI is InChI=1S/C18H16FN3O5S/c1-11(18(24)21-13-8-6-12(19)7-9-13)27-16(23)10-20-17-14-4-2-3-5-15(14)28(25,26)22-17/h2-9,11H,10H2,1H3,(H,20,22)(H,21,24)/t11-/m1/s1. The van der Waals surface area contributed by atoms with Crippen LogP contribution in [0.5, 0.6) is 0 Å². The molecule has 0 unspecified atom stereocenters. The molecule has 0 aromatic heterocycles. The summed E-state index contributed by atoms with van der Waals surface area (Å²) in [5, 5.41) is 2.48. The third-order valence-corrected chi connectivity index (χ3v) is 5.22. The lowest BCUT2D eigenvalue weighted by Crippen LogP contribution is -2.31. The maximum Gasteiger partial charge on any atom is 0.328 e. The van der Waals surface area contributed by atoms with Gasteiger partial charge in [-0.2, -0.15) is 0 Å². The van der Waals surface area contributed by atoms with E-state index in [4.69, 9.17) is 4.74 Å². The van der Waals surface area contributed by atoms with Crippen molar-refractivity contribution in [2.45, 2.75) is 17.9 Å². The number of amidine groups is 1. The van der Waals surface area contributed by atoms with E-state index in [9.17, 15) is 22.4 Å². The number of carbonyl (C=O) groups is 2. The maximum absolute atomic E-state index is 12.9. The molecule has 10 heteroatoms. The fourth-order valence-electron chi connectivity index (χ4n) is 2.46. The molecule has 0 fully saturated rings. The van der Waals surface area contributed by atoms with E-state index in [2.05, 4.69) is 15.0 Å². The molecular weight excluding hydrogens is 389 g/mol. The van der Waals surface area contributed by atoms with Gasteiger partial charge in [-0.3, -0.25) is 19.3 Å². The van der Waals surface area contributed by atoms with Crippen molar-refractivity contribution in [1.82, 2.24) is 4.72 Å². The van der Waals surface area contributed by atoms with E-state index < -0.39 is 40.4 Å². The van der Waals surface area contributed by atoms with Gasteiger partial charge in [0, 0.05) is 11.3 Å². The molecule has 146 valence electrons. The minimum absolute atomic E-state index is 0.0379. The Labute approximate surface area is 160 Å². The number of sulfonamides is 1. The first kappa shape index (κ1) is 19.5. The van der Waals surface area contributed by atoms with Crippen molar-refractivity contribution in [3.63, 3.8) is 0 Å². The second-order valence-corrected chi connectivity index (χ2v) is 7.55. The summed E-state index contributed by atoms with van der Waals surface area (Å²) in [7, 11) is -3.70. The zero-order valence-corrected chi connectivity index (χ0v) is 15.5. The summed E-state index contributed by atoms with van der Waals surface area (Å²) in [6.45, 7) is 0.901. The van der Waals surface area contributed by atoms with E-state index in [1.165, 1.54) is 37.3 Å². The predicted molar refractivity (Wildman–Crippen MR) is 98.8 cm³/mol. The summed E-state index contributed by atoms with van der Waals surface area (Å²) in [6.07, 6.45) is -1.12. The monoisotopic (exact) mass is 405 g/mol. The van der Waals surface area contributed by atoms with E-state index in [1.807, 2.05) is 0 Å². The Balaban J connectivity index is 1.59. The second-order valence-electron chi connectivity index (χ2n) is 5.89. The van der Waals surface area contributed by atoms with Crippen LogP contribution in [0, 0.1) is 5.82 Å². The molecule has 0 spiro atoms. The highest BCUT2D eigenvalue weighted by atomic mass is 32.2. The number of nitrogens with zero attached hydrogens (tertiary/aromatic N) is 1. The molecule has 28 heavy (non-hydrogen) atoms. The quantitative estimate of drug-likeness (QED) is 0.731. The van der Waals surface area contributed by atoms with Crippen LogP contribution in [0.25, 0.3) is 0 Å². The number of hydrogen-bond donors (Lipinski definition) is 2. The summed E-state index contributed by atoms with van der Waals surface area (Å²) in [4.78, 5) is 28.0. The van der Waals surface area contributed by atoms with Crippen molar-refractivity contribution < 1.29 is 27.1 Å². The summed E-state index contributed by atoms with van der Waals surface area (Å²) >= 11 is 0. The molecule has 2 N–H and O–H groups in total. The van der Waals surface area contributed by atoms with Crippen LogP contribution in [0.1, 0.15) is 12.5 Å². The lowest BCUT2D eigenvalue weighted by Gasteiger charge is -2.13. The number of benzene rings is 2. The zero-order chi connectivity index (χ0) is 20.3. The molecule has 1 heterocycles. The van der Waals surface area contributed by atoms with E-state index in [0.717, 1.165) is 0 Å². The number of aliphatic imine (C=N–C) groups is 1. The van der Waals surface area contributed by atoms with Gasteiger partial charge in [-0.25, -0.2) is 12.8 Å². The highest BCUT2D eigenvalue weighted by Gasteiger charge is 2.30. The van der Waals surface area contributed by atoms with Gasteiger partial charge in [-0.1, -0.05) is 12.1 Å². The van der Waals surface area contributed by atoms with Crippen LogP contribution in [0.15, 0.2) is 58.4 Å². The number of ether oxygens (including phenoxy) is 1. The minimum Gasteiger partial charge on any atom is -0.451 e. The molecule has 2 aromatic carbocycles. The molecule has 1 aliphatic rings. The topological polar surface area (TPSA) is 114 Å². The Morgan fingerprint density at radius 3 is 2.57 bits per heavy atom. The van der Waals surface area contributed by atoms with Crippen molar-refractivity contribution in [2.24, 2.45) is 4.99 Å². The normalized spacial score (nSPS) is 16.7. The summed E-state index contributed by atoms with van der Waals surface area (Å²) in [6, 6.07) is 11.3. The Bertz CT molecular complexity index is 1050. The van der Waals surface area contributed by atoms with Gasteiger partial charge >= 0.3 is 5.97 Å². The number of esters is 1. The molecular formula is C18H16FN3O5S. The molecule has 0 aliphatic carbocycles. The predicted octanol–water partition coefficient (Wildman–Crippen LogP) is 1.43. The molecule has 0 saturated heterocycles. The van der Waals surface area contributed by atoms with Crippen LogP contribution < -0.4 is 10.0 Å². The number of fused-ring (bicyclic) bond motifs is 1. The lowest BCUT2D eigenvalue weighted by molar-refractivity contribution is -0.151. The highest BCUT2D eigenvalue weighted by Crippen LogP contribution is 2.22. The Kier molecular flexibility index (Phi) is 5.41. The third-order valence-electron chi connectivity index (χ3n) is 3.82. The van der Waals surface area contributed by atoms with Gasteiger partial charge in [0.1, 0.15) is 18.2 Å². The summed E-state index contributed by atoms with van der Waals surface area (Å²) < 4.78 is 44.1. The number of halogens is 1. The Morgan fingerprint density at radius 1 is 1.18 bits per heavy atom. The van der Waals surface area contributed by atoms with E-state index >= 15 is 0 Å². The number of nitrogens with one attached hydrogen (secondary N) is 2. The highest BCUT2D eigenvalue weighted by molar-refractivity contribution is 7.90. The SMILES string of the molecule is C[C@@H](OC(=O)CN=C1NS(=O)(=O)c2ccccc21)C(=O)Nc1ccc(F)cc1. The fourth-order valence-corrected chi connectivity index (χ4v) is 3.71. The van der Waals surface area contributed by atoms with Gasteiger partial charge in [0.25, 0.3) is 15.9 Å². The number of hydrogen-bond acceptors (Lipinski definition) is 6. The number of anilines is 1. The van der Waals surface area contributed by atoms with Crippen LogP contribution in [-0.4, -0.2) is 38.8 Å². The third kappa shape index (κ3) is 4.34. The molecule has 1 amide bonds. The lowest BCUT2D eigenvalue weighted by atomic mass is 10.2. The molecule has 8 nitrogen and oxygen atoms in total. The van der Waals surface area contributed by atoms with Crippen LogP contribution in [0.2, 0.25) is 0 Å². The fraction of sp³-hybridized carbons (Fsp3) is 0.167. The molecule has 0 bridgehead atoms. The van der Waals surface area contributed by atoms with E-state index in [-0.39, 0.29) is 10.7 Å². The first-order valence-electron chi connectivity index (χ1n) is 8.19. The second kappa shape index (κ2) is 7.77. The largest absolute Gasteiger partial charge is 0.451 e. The van der Waals surface area contributed by atoms with Crippen molar-refractivity contribution in [3.05, 3.63) is 59.9 Å². The van der Waals surface area contributed by atoms with Crippen LogP contribution in [-0.2, 0) is 24.3 Å². The summed E-state index contributed by atoms with van der Waals surface area (Å²) in [5.41, 5.74) is 0.712. The average molecular weight is 405 g/mol. The van der Waals surface area contributed by atoms with Crippen molar-refractivity contribution in [3.8, 4) is 0 Å². The molecule has 0 radical (unpaired) electrons. The zero-order valence-electron chi connectivity index (χ0n) is 14.7. The van der Waals surface area contributed by atoms with Gasteiger partial charge in [-0.05, 0) is 43.3 Å². The van der Waals surface area contributed by atoms with Gasteiger partial charge in [0.15, 0.2) is 6.10 Å². The van der Waals surface area contributed by atoms with Crippen molar-refractivity contribution >= 4 is 33.4 Å². The minimum atomic E-state index is -3.70. The number of carbonyl (C=O) groups excluding carboxylic acids is 2. The van der Waals surface area contributed by atoms with Gasteiger partial charge < -0.3 is 10.1 Å². The molecule has 1 atom stereocenters. The average Bonchev–Trinajstić information content (AvgIpc) is 2.92. The first-order valence-corrected chi connectivity index (χ1v) is 9.67. The Hall–Kier alpha value is -3.27. The smallest absolute Gasteiger partial charge is 0.328 e. The van der Waals surface area contributed by atoms with Crippen LogP contribution in [0.4, 0.5) is 10.1 Å². The van der Waals surface area contributed by atoms with E-state index in [1.54, 1.807) is 18.2 Å². The van der Waals surface area contributed by atoms with Crippen molar-refractivity contribution in [1.29, 1.82) is 0 Å². The molecule has 2 aromatic rings. The van der Waals surface area contributed by atoms with Crippen molar-refractivity contribution in [2.75, 3.05) is 11.9 Å². The van der Waals surface area contributed by atoms with Crippen LogP contribution >= 0.6 is 0 Å². The van der Waals surface area contributed by atoms with E-state index in [0.29, 0.717) is 11.3 Å². The molecule has 1 aliphatic heterocycles. The Morgan fingerprint density at radius 2 is 1.86 bits per heavy atom. The molecule has 0 saturated carbocycles.